The summed E-state index contributed by atoms with van der Waals surface area (Å²) >= 11 is 3.13. The van der Waals surface area contributed by atoms with Gasteiger partial charge in [-0.3, -0.25) is 0 Å². The van der Waals surface area contributed by atoms with Gasteiger partial charge in [-0.25, -0.2) is 8.42 Å². The van der Waals surface area contributed by atoms with Gasteiger partial charge in [-0.15, -0.1) is 0 Å². The van der Waals surface area contributed by atoms with E-state index in [9.17, 15) is 8.42 Å². The minimum atomic E-state index is -3.71. The second-order valence-electron chi connectivity index (χ2n) is 4.34. The normalized spacial score (nSPS) is 13.3. The zero-order chi connectivity index (χ0) is 15.5. The number of alkyl halides is 1. The Morgan fingerprint density at radius 2 is 2.00 bits per heavy atom. The molecule has 0 spiro atoms. The third kappa shape index (κ3) is 3.70. The van der Waals surface area contributed by atoms with Crippen molar-refractivity contribution in [2.45, 2.75) is 25.0 Å². The van der Waals surface area contributed by atoms with Crippen LogP contribution in [0.25, 0.3) is 0 Å². The molecule has 0 aliphatic heterocycles. The van der Waals surface area contributed by atoms with Crippen LogP contribution >= 0.6 is 15.9 Å². The maximum atomic E-state index is 12.3. The van der Waals surface area contributed by atoms with Crippen molar-refractivity contribution in [3.8, 4) is 0 Å². The maximum Gasteiger partial charge on any atom is 0.243 e. The molecule has 1 heterocycles. The molecule has 0 saturated carbocycles. The molecule has 0 radical (unpaired) electrons. The van der Waals surface area contributed by atoms with Crippen LogP contribution in [0.15, 0.2) is 39.8 Å². The van der Waals surface area contributed by atoms with Gasteiger partial charge in [0.1, 0.15) is 17.0 Å². The number of hydrogen-bond acceptors (Lipinski definition) is 5. The fraction of sp³-hybridized carbons (Fsp3) is 0.308. The van der Waals surface area contributed by atoms with Gasteiger partial charge in [0.15, 0.2) is 6.23 Å². The lowest BCUT2D eigenvalue weighted by Gasteiger charge is -2.16. The number of nitrogens with one attached hydrogen (secondary N) is 1. The summed E-state index contributed by atoms with van der Waals surface area (Å²) in [7, 11) is -3.71. The average Bonchev–Trinajstić information content (AvgIpc) is 2.79. The summed E-state index contributed by atoms with van der Waals surface area (Å²) in [6, 6.07) is 8.07. The van der Waals surface area contributed by atoms with Crippen molar-refractivity contribution in [1.29, 1.82) is 0 Å². The van der Waals surface area contributed by atoms with Gasteiger partial charge in [-0.05, 0) is 26.0 Å². The smallest absolute Gasteiger partial charge is 0.243 e. The number of halogens is 1. The van der Waals surface area contributed by atoms with E-state index < -0.39 is 16.3 Å². The van der Waals surface area contributed by atoms with Crippen LogP contribution in [0.1, 0.15) is 23.2 Å². The van der Waals surface area contributed by atoms with E-state index in [2.05, 4.69) is 25.8 Å². The molecular formula is C13H15BrN2O4S. The van der Waals surface area contributed by atoms with Gasteiger partial charge in [0.2, 0.25) is 10.0 Å². The molecule has 2 aromatic rings. The molecular weight excluding hydrogens is 360 g/mol. The van der Waals surface area contributed by atoms with E-state index in [-0.39, 0.29) is 10.4 Å². The predicted molar refractivity (Wildman–Crippen MR) is 80.4 cm³/mol. The Kier molecular flexibility index (Phi) is 5.15. The second kappa shape index (κ2) is 6.69. The molecule has 1 N–H and O–H groups in total. The number of sulfonamides is 1. The van der Waals surface area contributed by atoms with Crippen molar-refractivity contribution in [2.75, 3.05) is 5.52 Å². The Morgan fingerprint density at radius 3 is 2.52 bits per heavy atom. The molecule has 1 atom stereocenters. The highest BCUT2D eigenvalue weighted by molar-refractivity contribution is 9.09. The number of ether oxygens (including phenoxy) is 1. The second-order valence-corrected chi connectivity index (χ2v) is 6.51. The van der Waals surface area contributed by atoms with Crippen molar-refractivity contribution in [2.24, 2.45) is 0 Å². The lowest BCUT2D eigenvalue weighted by molar-refractivity contribution is 0.0775. The van der Waals surface area contributed by atoms with E-state index in [4.69, 9.17) is 9.26 Å². The SMILES string of the molecule is Cc1onc(C(NS(=O)(=O)c2ccccc2)OCBr)c1C. The van der Waals surface area contributed by atoms with Crippen LogP contribution in [0.4, 0.5) is 0 Å². The number of benzene rings is 1. The molecule has 21 heavy (non-hydrogen) atoms. The zero-order valence-electron chi connectivity index (χ0n) is 11.5. The molecule has 8 heteroatoms. The fourth-order valence-electron chi connectivity index (χ4n) is 1.72. The molecule has 1 aromatic carbocycles. The molecule has 0 aliphatic carbocycles. The van der Waals surface area contributed by atoms with Crippen molar-refractivity contribution in [3.63, 3.8) is 0 Å². The number of nitrogens with zero attached hydrogens (tertiary/aromatic N) is 1. The van der Waals surface area contributed by atoms with Gasteiger partial charge in [0.25, 0.3) is 0 Å². The number of aromatic nitrogens is 1. The van der Waals surface area contributed by atoms with Gasteiger partial charge in [-0.1, -0.05) is 39.3 Å². The van der Waals surface area contributed by atoms with Gasteiger partial charge in [0.05, 0.1) is 4.90 Å². The fourth-order valence-corrected chi connectivity index (χ4v) is 3.10. The maximum absolute atomic E-state index is 12.3. The van der Waals surface area contributed by atoms with Crippen LogP contribution in [-0.2, 0) is 14.8 Å². The first-order chi connectivity index (χ1) is 9.95. The van der Waals surface area contributed by atoms with Crippen LogP contribution < -0.4 is 4.72 Å². The lowest BCUT2D eigenvalue weighted by Crippen LogP contribution is -2.31. The molecule has 0 amide bonds. The molecule has 114 valence electrons. The molecule has 1 unspecified atom stereocenters. The molecule has 1 aromatic heterocycles. The first-order valence-electron chi connectivity index (χ1n) is 6.13. The molecule has 2 rings (SSSR count). The first-order valence-corrected chi connectivity index (χ1v) is 8.74. The Morgan fingerprint density at radius 1 is 1.33 bits per heavy atom. The Bertz CT molecular complexity index is 700. The molecule has 0 aliphatic rings. The molecule has 0 bridgehead atoms. The van der Waals surface area contributed by atoms with Crippen molar-refractivity contribution in [1.82, 2.24) is 9.88 Å². The number of aryl methyl sites for hydroxylation is 1. The summed E-state index contributed by atoms with van der Waals surface area (Å²) in [6.45, 7) is 3.55. The summed E-state index contributed by atoms with van der Waals surface area (Å²) in [4.78, 5) is 0.158. The van der Waals surface area contributed by atoms with E-state index in [0.717, 1.165) is 5.56 Å². The summed E-state index contributed by atoms with van der Waals surface area (Å²) in [5.41, 5.74) is 1.31. The Labute approximate surface area is 131 Å². The largest absolute Gasteiger partial charge is 0.361 e. The van der Waals surface area contributed by atoms with E-state index in [1.807, 2.05) is 0 Å². The van der Waals surface area contributed by atoms with Gasteiger partial charge < -0.3 is 9.26 Å². The van der Waals surface area contributed by atoms with Crippen molar-refractivity contribution < 1.29 is 17.7 Å². The topological polar surface area (TPSA) is 81.4 Å². The van der Waals surface area contributed by atoms with Crippen LogP contribution in [-0.4, -0.2) is 19.1 Å². The van der Waals surface area contributed by atoms with Crippen LogP contribution in [0.3, 0.4) is 0 Å². The Balaban J connectivity index is 2.31. The van der Waals surface area contributed by atoms with Gasteiger partial charge >= 0.3 is 0 Å². The van der Waals surface area contributed by atoms with Crippen molar-refractivity contribution >= 4 is 26.0 Å². The van der Waals surface area contributed by atoms with E-state index in [0.29, 0.717) is 11.5 Å². The molecule has 0 fully saturated rings. The third-order valence-corrected chi connectivity index (χ3v) is 4.67. The number of rotatable bonds is 6. The third-order valence-electron chi connectivity index (χ3n) is 2.99. The van der Waals surface area contributed by atoms with E-state index in [1.54, 1.807) is 32.0 Å². The lowest BCUT2D eigenvalue weighted by atomic mass is 10.2. The summed E-state index contributed by atoms with van der Waals surface area (Å²) < 4.78 is 37.6. The summed E-state index contributed by atoms with van der Waals surface area (Å²) in [5.74, 6) is 0.618. The van der Waals surface area contributed by atoms with Crippen LogP contribution in [0, 0.1) is 13.8 Å². The Hall–Kier alpha value is -1.22. The highest BCUT2D eigenvalue weighted by Crippen LogP contribution is 2.23. The van der Waals surface area contributed by atoms with Crippen molar-refractivity contribution in [3.05, 3.63) is 47.3 Å². The minimum Gasteiger partial charge on any atom is -0.361 e. The number of hydrogen-bond donors (Lipinski definition) is 1. The highest BCUT2D eigenvalue weighted by atomic mass is 79.9. The minimum absolute atomic E-state index is 0.153. The zero-order valence-corrected chi connectivity index (χ0v) is 13.9. The average molecular weight is 375 g/mol. The quantitative estimate of drug-likeness (QED) is 0.620. The molecule has 6 nitrogen and oxygen atoms in total. The van der Waals surface area contributed by atoms with E-state index in [1.165, 1.54) is 12.1 Å². The van der Waals surface area contributed by atoms with Crippen LogP contribution in [0.5, 0.6) is 0 Å². The predicted octanol–water partition coefficient (Wildman–Crippen LogP) is 2.64. The standard InChI is InChI=1S/C13H15BrN2O4S/c1-9-10(2)20-15-12(9)13(19-8-14)16-21(17,18)11-6-4-3-5-7-11/h3-7,13,16H,8H2,1-2H3. The highest BCUT2D eigenvalue weighted by Gasteiger charge is 2.26. The van der Waals surface area contributed by atoms with Gasteiger partial charge in [-0.2, -0.15) is 4.72 Å². The summed E-state index contributed by atoms with van der Waals surface area (Å²) in [5, 5.41) is 3.86. The molecule has 0 saturated heterocycles. The van der Waals surface area contributed by atoms with E-state index >= 15 is 0 Å². The van der Waals surface area contributed by atoms with Crippen LogP contribution in [0.2, 0.25) is 0 Å². The summed E-state index contributed by atoms with van der Waals surface area (Å²) in [6.07, 6.45) is -0.924. The van der Waals surface area contributed by atoms with Gasteiger partial charge in [0, 0.05) is 5.56 Å². The monoisotopic (exact) mass is 374 g/mol. The first kappa shape index (κ1) is 16.2.